The van der Waals surface area contributed by atoms with Gasteiger partial charge in [0.15, 0.2) is 0 Å². The minimum atomic E-state index is -4.74. The van der Waals surface area contributed by atoms with E-state index in [2.05, 4.69) is 4.52 Å². The van der Waals surface area contributed by atoms with Crippen molar-refractivity contribution in [2.24, 2.45) is 0 Å². The number of benzene rings is 1. The van der Waals surface area contributed by atoms with E-state index in [1.807, 2.05) is 0 Å². The highest BCUT2D eigenvalue weighted by molar-refractivity contribution is 7.46. The molecule has 0 aliphatic carbocycles. The van der Waals surface area contributed by atoms with Crippen LogP contribution in [0.25, 0.3) is 0 Å². The number of phosphoric ester groups is 1. The molecule has 0 atom stereocenters. The molecule has 1 aromatic rings. The molecule has 2 N–H and O–H groups in total. The van der Waals surface area contributed by atoms with Gasteiger partial charge in [-0.25, -0.2) is 9.36 Å². The smallest absolute Gasteiger partial charge is 0.367 e. The number of hydrogen-bond donors (Lipinski definition) is 2. The highest BCUT2D eigenvalue weighted by atomic mass is 31.2. The van der Waals surface area contributed by atoms with Gasteiger partial charge >= 0.3 is 13.8 Å². The molecule has 0 heterocycles. The Labute approximate surface area is 74.2 Å². The fraction of sp³-hybridized carbons (Fsp3) is 0. The molecule has 6 heteroatoms. The summed E-state index contributed by atoms with van der Waals surface area (Å²) < 4.78 is 14.1. The first kappa shape index (κ1) is 9.92. The van der Waals surface area contributed by atoms with E-state index < -0.39 is 13.8 Å². The zero-order chi connectivity index (χ0) is 9.90. The molecule has 0 aliphatic heterocycles. The van der Waals surface area contributed by atoms with Crippen LogP contribution in [0.1, 0.15) is 10.4 Å². The van der Waals surface area contributed by atoms with E-state index in [1.165, 1.54) is 12.1 Å². The van der Waals surface area contributed by atoms with E-state index in [-0.39, 0.29) is 5.56 Å². The van der Waals surface area contributed by atoms with Gasteiger partial charge in [0.05, 0.1) is 5.56 Å². The molecule has 0 fully saturated rings. The Morgan fingerprint density at radius 2 is 1.77 bits per heavy atom. The van der Waals surface area contributed by atoms with Crippen molar-refractivity contribution >= 4 is 13.8 Å². The number of phosphoric acid groups is 1. The zero-order valence-electron chi connectivity index (χ0n) is 6.45. The van der Waals surface area contributed by atoms with Crippen LogP contribution in [-0.2, 0) is 9.09 Å². The second-order valence-corrected chi connectivity index (χ2v) is 3.40. The van der Waals surface area contributed by atoms with E-state index in [1.54, 1.807) is 18.2 Å². The largest absolute Gasteiger partial charge is 0.527 e. The molecule has 0 aliphatic rings. The quantitative estimate of drug-likeness (QED) is 0.698. The lowest BCUT2D eigenvalue weighted by atomic mass is 10.2. The van der Waals surface area contributed by atoms with Gasteiger partial charge in [0.25, 0.3) is 0 Å². The Hall–Kier alpha value is -1.16. The summed E-state index contributed by atoms with van der Waals surface area (Å²) >= 11 is 0. The highest BCUT2D eigenvalue weighted by Gasteiger charge is 2.21. The summed E-state index contributed by atoms with van der Waals surface area (Å²) in [6, 6.07) is 7.61. The second kappa shape index (κ2) is 3.70. The van der Waals surface area contributed by atoms with Crippen molar-refractivity contribution in [1.29, 1.82) is 0 Å². The normalized spacial score (nSPS) is 10.9. The minimum absolute atomic E-state index is 0.103. The monoisotopic (exact) mass is 203 g/mol. The van der Waals surface area contributed by atoms with Crippen molar-refractivity contribution in [3.8, 4) is 0 Å². The summed E-state index contributed by atoms with van der Waals surface area (Å²) in [5, 5.41) is 0. The van der Waals surface area contributed by atoms with Crippen LogP contribution in [0.15, 0.2) is 30.3 Å². The topological polar surface area (TPSA) is 83.8 Å². The van der Waals surface area contributed by atoms with Crippen LogP contribution in [0.5, 0.6) is 0 Å². The third-order valence-electron chi connectivity index (χ3n) is 1.21. The lowest BCUT2D eigenvalue weighted by molar-refractivity contribution is 0.0678. The van der Waals surface area contributed by atoms with Gasteiger partial charge in [-0.1, -0.05) is 18.2 Å². The van der Waals surface area contributed by atoms with Crippen molar-refractivity contribution in [2.45, 2.75) is 0 Å². The van der Waals surface area contributed by atoms with Gasteiger partial charge in [-0.15, -0.1) is 0 Å². The molecule has 1 rings (SSSR count). The Morgan fingerprint density at radius 3 is 2.23 bits per heavy atom. The Bertz CT molecular complexity index is 341. The predicted octanol–water partition coefficient (Wildman–Crippen LogP) is 0.936. The summed E-state index contributed by atoms with van der Waals surface area (Å²) in [4.78, 5) is 27.6. The van der Waals surface area contributed by atoms with Crippen molar-refractivity contribution in [3.63, 3.8) is 0 Å². The van der Waals surface area contributed by atoms with Gasteiger partial charge in [-0.3, -0.25) is 9.79 Å². The van der Waals surface area contributed by atoms with Gasteiger partial charge in [-0.2, -0.15) is 0 Å². The number of rotatable bonds is 2. The van der Waals surface area contributed by atoms with Gasteiger partial charge < -0.3 is 4.52 Å². The lowest BCUT2D eigenvalue weighted by Gasteiger charge is -2.03. The average molecular weight is 203 g/mol. The first-order chi connectivity index (χ1) is 5.99. The predicted molar refractivity (Wildman–Crippen MR) is 43.9 cm³/mol. The Morgan fingerprint density at radius 1 is 1.23 bits per heavy atom. The molecule has 1 aromatic carbocycles. The molecule has 0 radical (unpaired) electrons. The number of hydrogen-bond acceptors (Lipinski definition) is 3. The number of carbonyl (C=O) groups excluding carboxylic acids is 1. The molecule has 0 saturated carbocycles. The molecule has 0 aromatic heterocycles. The second-order valence-electron chi connectivity index (χ2n) is 2.24. The third kappa shape index (κ3) is 3.38. The molecule has 0 bridgehead atoms. The van der Waals surface area contributed by atoms with Crippen molar-refractivity contribution in [2.75, 3.05) is 0 Å². The molecule has 70 valence electrons. The first-order valence-electron chi connectivity index (χ1n) is 3.33. The van der Waals surface area contributed by atoms with Gasteiger partial charge in [0.2, 0.25) is 0 Å². The van der Waals surface area contributed by atoms with Crippen molar-refractivity contribution in [1.82, 2.24) is 0 Å². The van der Waals surface area contributed by atoms with Crippen LogP contribution in [0.2, 0.25) is 0 Å². The standard InChI is InChI=1S/C7H7O5P/c8-7(12-13(9,10)11)6-4-2-1-3-5-6/h1-5H,(H2,9,10,11)/i12+1. The molecule has 13 heavy (non-hydrogen) atoms. The molecule has 0 spiro atoms. The maximum absolute atomic E-state index is 10.9. The molecular formula is C7H7O5P. The van der Waals surface area contributed by atoms with Crippen molar-refractivity contribution in [3.05, 3.63) is 35.9 Å². The van der Waals surface area contributed by atoms with Crippen LogP contribution in [0.3, 0.4) is 0 Å². The van der Waals surface area contributed by atoms with E-state index >= 15 is 0 Å². The summed E-state index contributed by atoms with van der Waals surface area (Å²) in [5.74, 6) is -1.03. The SMILES string of the molecule is O=C([17O]P(=O)(O)O)c1ccccc1. The van der Waals surface area contributed by atoms with E-state index in [4.69, 9.17) is 9.79 Å². The van der Waals surface area contributed by atoms with Crippen LogP contribution in [-0.4, -0.2) is 15.8 Å². The Balaban J connectivity index is 2.76. The lowest BCUT2D eigenvalue weighted by Crippen LogP contribution is -2.02. The molecule has 0 unspecified atom stereocenters. The van der Waals surface area contributed by atoms with Crippen LogP contribution in [0.4, 0.5) is 0 Å². The van der Waals surface area contributed by atoms with Crippen LogP contribution < -0.4 is 0 Å². The average Bonchev–Trinajstić information content (AvgIpc) is 2.03. The molecule has 5 nitrogen and oxygen atoms in total. The summed E-state index contributed by atoms with van der Waals surface area (Å²) in [7, 11) is -4.74. The maximum Gasteiger partial charge on any atom is 0.527 e. The van der Waals surface area contributed by atoms with Gasteiger partial charge in [0, 0.05) is 0 Å². The first-order valence-corrected chi connectivity index (χ1v) is 4.86. The van der Waals surface area contributed by atoms with E-state index in [9.17, 15) is 9.36 Å². The fourth-order valence-corrected chi connectivity index (χ4v) is 1.06. The zero-order valence-corrected chi connectivity index (χ0v) is 7.35. The van der Waals surface area contributed by atoms with Crippen LogP contribution in [0, 0.1) is 0 Å². The van der Waals surface area contributed by atoms with Gasteiger partial charge in [-0.05, 0) is 12.1 Å². The molecular weight excluding hydrogens is 196 g/mol. The molecule has 0 amide bonds. The van der Waals surface area contributed by atoms with Crippen molar-refractivity contribution < 1.29 is 23.7 Å². The summed E-state index contributed by atoms with van der Waals surface area (Å²) in [6.45, 7) is 0. The summed E-state index contributed by atoms with van der Waals surface area (Å²) in [5.41, 5.74) is 0.103. The highest BCUT2D eigenvalue weighted by Crippen LogP contribution is 2.36. The van der Waals surface area contributed by atoms with E-state index in [0.29, 0.717) is 0 Å². The Kier molecular flexibility index (Phi) is 2.83. The van der Waals surface area contributed by atoms with E-state index in [0.717, 1.165) is 0 Å². The maximum atomic E-state index is 10.9. The van der Waals surface area contributed by atoms with Gasteiger partial charge in [0.1, 0.15) is 0 Å². The number of carbonyl (C=O) groups is 1. The molecule has 0 saturated heterocycles. The third-order valence-corrected chi connectivity index (χ3v) is 1.61. The minimum Gasteiger partial charge on any atom is -0.367 e. The van der Waals surface area contributed by atoms with Crippen LogP contribution >= 0.6 is 7.82 Å². The fourth-order valence-electron chi connectivity index (χ4n) is 0.735. The summed E-state index contributed by atoms with van der Waals surface area (Å²) in [6.07, 6.45) is 0.